The van der Waals surface area contributed by atoms with Crippen molar-refractivity contribution in [2.75, 3.05) is 19.8 Å². The van der Waals surface area contributed by atoms with Crippen molar-refractivity contribution in [2.45, 2.75) is 25.5 Å². The maximum Gasteiger partial charge on any atom is 0.0959 e. The Labute approximate surface area is 61.5 Å². The summed E-state index contributed by atoms with van der Waals surface area (Å²) >= 11 is 0. The average molecular weight is 145 g/mol. The van der Waals surface area contributed by atoms with Crippen LogP contribution in [0.3, 0.4) is 0 Å². The van der Waals surface area contributed by atoms with Crippen LogP contribution in [0.2, 0.25) is 0 Å². The fourth-order valence-electron chi connectivity index (χ4n) is 1.11. The van der Waals surface area contributed by atoms with Gasteiger partial charge in [0.2, 0.25) is 0 Å². The molecule has 1 aliphatic heterocycles. The molecule has 0 spiro atoms. The van der Waals surface area contributed by atoms with E-state index in [2.05, 4.69) is 0 Å². The van der Waals surface area contributed by atoms with Gasteiger partial charge in [-0.25, -0.2) is 0 Å². The van der Waals surface area contributed by atoms with Gasteiger partial charge in [0.1, 0.15) is 0 Å². The maximum atomic E-state index is 5.76. The zero-order valence-electron chi connectivity index (χ0n) is 6.38. The van der Waals surface area contributed by atoms with E-state index in [0.717, 1.165) is 19.6 Å². The third kappa shape index (κ3) is 1.94. The summed E-state index contributed by atoms with van der Waals surface area (Å²) < 4.78 is 10.5. The number of hydrogen-bond acceptors (Lipinski definition) is 3. The normalized spacial score (nSPS) is 34.2. The Morgan fingerprint density at radius 3 is 3.10 bits per heavy atom. The van der Waals surface area contributed by atoms with Gasteiger partial charge < -0.3 is 15.2 Å². The van der Waals surface area contributed by atoms with Gasteiger partial charge >= 0.3 is 0 Å². The van der Waals surface area contributed by atoms with Crippen LogP contribution >= 0.6 is 0 Å². The van der Waals surface area contributed by atoms with Crippen LogP contribution in [0.5, 0.6) is 0 Å². The Morgan fingerprint density at radius 2 is 2.50 bits per heavy atom. The van der Waals surface area contributed by atoms with E-state index in [-0.39, 0.29) is 12.1 Å². The van der Waals surface area contributed by atoms with Crippen LogP contribution in [0, 0.1) is 0 Å². The first kappa shape index (κ1) is 7.98. The smallest absolute Gasteiger partial charge is 0.0959 e. The van der Waals surface area contributed by atoms with Crippen molar-refractivity contribution >= 4 is 0 Å². The minimum absolute atomic E-state index is 0.124. The average Bonchev–Trinajstić information content (AvgIpc) is 1.94. The van der Waals surface area contributed by atoms with Gasteiger partial charge in [-0.3, -0.25) is 0 Å². The summed E-state index contributed by atoms with van der Waals surface area (Å²) in [6, 6.07) is 0.175. The molecule has 0 aromatic rings. The van der Waals surface area contributed by atoms with Gasteiger partial charge in [0.05, 0.1) is 12.7 Å². The molecule has 1 rings (SSSR count). The van der Waals surface area contributed by atoms with E-state index in [9.17, 15) is 0 Å². The second-order valence-electron chi connectivity index (χ2n) is 2.52. The first-order chi connectivity index (χ1) is 4.84. The van der Waals surface area contributed by atoms with Crippen molar-refractivity contribution in [3.05, 3.63) is 0 Å². The van der Waals surface area contributed by atoms with E-state index >= 15 is 0 Å². The summed E-state index contributed by atoms with van der Waals surface area (Å²) in [6.07, 6.45) is 1.05. The first-order valence-corrected chi connectivity index (χ1v) is 3.79. The number of ether oxygens (including phenoxy) is 2. The Balaban J connectivity index is 2.25. The van der Waals surface area contributed by atoms with Crippen molar-refractivity contribution in [2.24, 2.45) is 5.73 Å². The molecule has 1 fully saturated rings. The number of hydrogen-bond donors (Lipinski definition) is 1. The molecule has 0 amide bonds. The summed E-state index contributed by atoms with van der Waals surface area (Å²) in [5.74, 6) is 0. The lowest BCUT2D eigenvalue weighted by Crippen LogP contribution is -2.44. The van der Waals surface area contributed by atoms with Gasteiger partial charge in [-0.15, -0.1) is 0 Å². The summed E-state index contributed by atoms with van der Waals surface area (Å²) in [7, 11) is 0. The Bertz CT molecular complexity index is 95.6. The lowest BCUT2D eigenvalue weighted by atomic mass is 10.1. The molecular formula is C7H15NO2. The predicted molar refractivity (Wildman–Crippen MR) is 38.8 cm³/mol. The Hall–Kier alpha value is -0.120. The van der Waals surface area contributed by atoms with Crippen molar-refractivity contribution < 1.29 is 9.47 Å². The summed E-state index contributed by atoms with van der Waals surface area (Å²) in [5, 5.41) is 0. The Kier molecular flexibility index (Phi) is 3.12. The zero-order chi connectivity index (χ0) is 7.40. The minimum atomic E-state index is 0.124. The molecule has 0 aromatic carbocycles. The molecule has 0 radical (unpaired) electrons. The van der Waals surface area contributed by atoms with Crippen LogP contribution in [0.1, 0.15) is 13.3 Å². The molecule has 1 saturated heterocycles. The molecule has 0 aliphatic carbocycles. The third-order valence-electron chi connectivity index (χ3n) is 1.74. The highest BCUT2D eigenvalue weighted by Gasteiger charge is 2.21. The fraction of sp³-hybridized carbons (Fsp3) is 1.00. The summed E-state index contributed by atoms with van der Waals surface area (Å²) in [4.78, 5) is 0. The van der Waals surface area contributed by atoms with Gasteiger partial charge in [0.15, 0.2) is 0 Å². The molecular weight excluding hydrogens is 130 g/mol. The van der Waals surface area contributed by atoms with Crippen molar-refractivity contribution in [1.82, 2.24) is 0 Å². The summed E-state index contributed by atoms with van der Waals surface area (Å²) in [5.41, 5.74) is 5.76. The van der Waals surface area contributed by atoms with E-state index in [4.69, 9.17) is 15.2 Å². The first-order valence-electron chi connectivity index (χ1n) is 3.79. The van der Waals surface area contributed by atoms with Crippen LogP contribution in [-0.2, 0) is 9.47 Å². The molecule has 60 valence electrons. The van der Waals surface area contributed by atoms with Crippen LogP contribution in [0.15, 0.2) is 0 Å². The van der Waals surface area contributed by atoms with E-state index < -0.39 is 0 Å². The standard InChI is InChI=1S/C7H15NO2/c1-2-10-7-5-9-4-3-6(7)8/h6-7H,2-5,8H2,1H3/t6-,7+/m1/s1. The van der Waals surface area contributed by atoms with Gasteiger partial charge in [0.25, 0.3) is 0 Å². The molecule has 3 heteroatoms. The molecule has 2 N–H and O–H groups in total. The van der Waals surface area contributed by atoms with Crippen LogP contribution in [0.4, 0.5) is 0 Å². The quantitative estimate of drug-likeness (QED) is 0.601. The molecule has 0 saturated carbocycles. The fourth-order valence-corrected chi connectivity index (χ4v) is 1.11. The van der Waals surface area contributed by atoms with Crippen LogP contribution < -0.4 is 5.73 Å². The number of nitrogens with two attached hydrogens (primary N) is 1. The molecule has 10 heavy (non-hydrogen) atoms. The SMILES string of the molecule is CCO[C@H]1COCC[C@H]1N. The van der Waals surface area contributed by atoms with E-state index in [0.29, 0.717) is 6.61 Å². The second kappa shape index (κ2) is 3.91. The largest absolute Gasteiger partial charge is 0.379 e. The molecule has 1 heterocycles. The topological polar surface area (TPSA) is 44.5 Å². The van der Waals surface area contributed by atoms with Crippen molar-refractivity contribution in [3.63, 3.8) is 0 Å². The highest BCUT2D eigenvalue weighted by Crippen LogP contribution is 2.08. The van der Waals surface area contributed by atoms with E-state index in [1.807, 2.05) is 6.92 Å². The lowest BCUT2D eigenvalue weighted by molar-refractivity contribution is -0.0571. The maximum absolute atomic E-state index is 5.76. The monoisotopic (exact) mass is 145 g/mol. The zero-order valence-corrected chi connectivity index (χ0v) is 6.38. The van der Waals surface area contributed by atoms with Gasteiger partial charge in [-0.1, -0.05) is 0 Å². The third-order valence-corrected chi connectivity index (χ3v) is 1.74. The second-order valence-corrected chi connectivity index (χ2v) is 2.52. The van der Waals surface area contributed by atoms with Crippen molar-refractivity contribution in [3.8, 4) is 0 Å². The van der Waals surface area contributed by atoms with Crippen LogP contribution in [-0.4, -0.2) is 32.0 Å². The van der Waals surface area contributed by atoms with Gasteiger partial charge in [0, 0.05) is 19.3 Å². The molecule has 0 bridgehead atoms. The van der Waals surface area contributed by atoms with Crippen LogP contribution in [0.25, 0.3) is 0 Å². The molecule has 0 aromatic heterocycles. The molecule has 3 nitrogen and oxygen atoms in total. The van der Waals surface area contributed by atoms with Gasteiger partial charge in [-0.2, -0.15) is 0 Å². The van der Waals surface area contributed by atoms with Gasteiger partial charge in [-0.05, 0) is 13.3 Å². The predicted octanol–water partition coefficient (Wildman–Crippen LogP) is 0.139. The highest BCUT2D eigenvalue weighted by molar-refractivity contribution is 4.76. The molecule has 0 unspecified atom stereocenters. The van der Waals surface area contributed by atoms with E-state index in [1.165, 1.54) is 0 Å². The highest BCUT2D eigenvalue weighted by atomic mass is 16.5. The van der Waals surface area contributed by atoms with Crippen molar-refractivity contribution in [1.29, 1.82) is 0 Å². The molecule has 1 aliphatic rings. The minimum Gasteiger partial charge on any atom is -0.379 e. The number of rotatable bonds is 2. The Morgan fingerprint density at radius 1 is 1.70 bits per heavy atom. The lowest BCUT2D eigenvalue weighted by Gasteiger charge is -2.28. The molecule has 2 atom stereocenters. The van der Waals surface area contributed by atoms with E-state index in [1.54, 1.807) is 0 Å². The summed E-state index contributed by atoms with van der Waals surface area (Å²) in [6.45, 7) is 4.14.